The number of aryl methyl sites for hydroxylation is 1. The van der Waals surface area contributed by atoms with E-state index in [9.17, 15) is 9.59 Å². The zero-order valence-corrected chi connectivity index (χ0v) is 18.0. The summed E-state index contributed by atoms with van der Waals surface area (Å²) in [6.45, 7) is 3.66. The van der Waals surface area contributed by atoms with E-state index >= 15 is 0 Å². The van der Waals surface area contributed by atoms with Gasteiger partial charge in [0.15, 0.2) is 5.65 Å². The van der Waals surface area contributed by atoms with E-state index in [1.165, 1.54) is 7.11 Å². The second kappa shape index (κ2) is 8.09. The summed E-state index contributed by atoms with van der Waals surface area (Å²) in [5.41, 5.74) is 5.76. The lowest BCUT2D eigenvalue weighted by molar-refractivity contribution is 0.0601. The molecule has 0 saturated carbocycles. The highest BCUT2D eigenvalue weighted by Gasteiger charge is 2.24. The Kier molecular flexibility index (Phi) is 5.11. The number of aromatic nitrogens is 3. The topological polar surface area (TPSA) is 78.1 Å². The minimum absolute atomic E-state index is 0.0676. The molecule has 0 aliphatic carbocycles. The molecule has 0 spiro atoms. The molecule has 1 aliphatic heterocycles. The molecule has 5 rings (SSSR count). The van der Waals surface area contributed by atoms with Crippen LogP contribution in [0.2, 0.25) is 0 Å². The molecular formula is C25H24N4O3. The number of esters is 1. The first-order valence-corrected chi connectivity index (χ1v) is 10.7. The maximum Gasteiger partial charge on any atom is 0.337 e. The van der Waals surface area contributed by atoms with Gasteiger partial charge in [0.2, 0.25) is 0 Å². The van der Waals surface area contributed by atoms with E-state index in [0.717, 1.165) is 53.1 Å². The fraction of sp³-hybridized carbons (Fsp3) is 0.240. The highest BCUT2D eigenvalue weighted by Crippen LogP contribution is 2.25. The molecule has 4 aromatic rings. The molecule has 1 fully saturated rings. The van der Waals surface area contributed by atoms with Crippen LogP contribution < -0.4 is 11.0 Å². The average molecular weight is 428 g/mol. The number of hydrogen-bond acceptors (Lipinski definition) is 5. The van der Waals surface area contributed by atoms with Gasteiger partial charge in [0.05, 0.1) is 29.9 Å². The van der Waals surface area contributed by atoms with Gasteiger partial charge in [-0.15, -0.1) is 0 Å². The summed E-state index contributed by atoms with van der Waals surface area (Å²) in [4.78, 5) is 29.7. The Morgan fingerprint density at radius 3 is 2.41 bits per heavy atom. The number of benzene rings is 2. The van der Waals surface area contributed by atoms with E-state index in [1.54, 1.807) is 16.7 Å². The zero-order valence-electron chi connectivity index (χ0n) is 18.0. The van der Waals surface area contributed by atoms with Crippen molar-refractivity contribution in [2.45, 2.75) is 19.4 Å². The summed E-state index contributed by atoms with van der Waals surface area (Å²) in [6.07, 6.45) is 2.72. The van der Waals surface area contributed by atoms with Crippen LogP contribution in [0.4, 0.5) is 0 Å². The maximum absolute atomic E-state index is 13.5. The number of ether oxygens (including phenoxy) is 1. The normalized spacial score (nSPS) is 15.9. The van der Waals surface area contributed by atoms with Crippen LogP contribution >= 0.6 is 0 Å². The van der Waals surface area contributed by atoms with Gasteiger partial charge in [-0.1, -0.05) is 24.3 Å². The third kappa shape index (κ3) is 3.40. The molecule has 7 nitrogen and oxygen atoms in total. The van der Waals surface area contributed by atoms with Crippen LogP contribution in [-0.2, 0) is 4.74 Å². The Balaban J connectivity index is 1.56. The van der Waals surface area contributed by atoms with Gasteiger partial charge in [-0.3, -0.25) is 9.13 Å². The van der Waals surface area contributed by atoms with Crippen LogP contribution in [0.3, 0.4) is 0 Å². The third-order valence-electron chi connectivity index (χ3n) is 6.01. The number of carbonyl (C=O) groups excluding carboxylic acids is 1. The second-order valence-corrected chi connectivity index (χ2v) is 8.11. The smallest absolute Gasteiger partial charge is 0.337 e. The largest absolute Gasteiger partial charge is 0.465 e. The Hall–Kier alpha value is -3.71. The van der Waals surface area contributed by atoms with E-state index in [-0.39, 0.29) is 17.7 Å². The number of methoxy groups -OCH3 is 1. The number of imidazole rings is 1. The maximum atomic E-state index is 13.5. The number of pyridine rings is 1. The van der Waals surface area contributed by atoms with E-state index in [4.69, 9.17) is 4.74 Å². The summed E-state index contributed by atoms with van der Waals surface area (Å²) in [5, 5.41) is 3.34. The van der Waals surface area contributed by atoms with Gasteiger partial charge in [0.25, 0.3) is 0 Å². The summed E-state index contributed by atoms with van der Waals surface area (Å²) in [7, 11) is 1.37. The molecule has 3 heterocycles. The molecule has 0 amide bonds. The average Bonchev–Trinajstić information content (AvgIpc) is 3.44. The standard InChI is InChI=1S/C25H24N4O3/c1-16-13-22-23(27-14-16)29(21-11-12-26-15-21)25(31)28(22)20-9-7-18(8-10-20)17-3-5-19(6-4-17)24(30)32-2/h3-10,13-14,21,26H,11-12,15H2,1-2H3. The molecule has 2 aromatic carbocycles. The Morgan fingerprint density at radius 1 is 1.09 bits per heavy atom. The van der Waals surface area contributed by atoms with E-state index < -0.39 is 0 Å². The minimum Gasteiger partial charge on any atom is -0.465 e. The minimum atomic E-state index is -0.357. The van der Waals surface area contributed by atoms with Gasteiger partial charge in [0.1, 0.15) is 0 Å². The lowest BCUT2D eigenvalue weighted by Crippen LogP contribution is -2.28. The van der Waals surface area contributed by atoms with Crippen molar-refractivity contribution in [1.82, 2.24) is 19.4 Å². The molecule has 1 N–H and O–H groups in total. The fourth-order valence-corrected chi connectivity index (χ4v) is 4.36. The van der Waals surface area contributed by atoms with Gasteiger partial charge < -0.3 is 10.1 Å². The van der Waals surface area contributed by atoms with Crippen molar-refractivity contribution in [3.05, 3.63) is 82.4 Å². The summed E-state index contributed by atoms with van der Waals surface area (Å²) in [5.74, 6) is -0.357. The van der Waals surface area contributed by atoms with Gasteiger partial charge in [-0.05, 0) is 66.9 Å². The van der Waals surface area contributed by atoms with Crippen LogP contribution in [0.5, 0.6) is 0 Å². The number of nitrogens with one attached hydrogen (secondary N) is 1. The number of carbonyl (C=O) groups is 1. The Morgan fingerprint density at radius 2 is 1.78 bits per heavy atom. The highest BCUT2D eigenvalue weighted by atomic mass is 16.5. The molecular weight excluding hydrogens is 404 g/mol. The monoisotopic (exact) mass is 428 g/mol. The number of nitrogens with zero attached hydrogens (tertiary/aromatic N) is 3. The lowest BCUT2D eigenvalue weighted by atomic mass is 10.0. The predicted molar refractivity (Wildman–Crippen MR) is 123 cm³/mol. The van der Waals surface area contributed by atoms with E-state index in [0.29, 0.717) is 5.56 Å². The molecule has 1 saturated heterocycles. The number of rotatable bonds is 4. The molecule has 1 atom stereocenters. The highest BCUT2D eigenvalue weighted by molar-refractivity contribution is 5.90. The second-order valence-electron chi connectivity index (χ2n) is 8.11. The first-order chi connectivity index (χ1) is 15.6. The quantitative estimate of drug-likeness (QED) is 0.504. The molecule has 1 unspecified atom stereocenters. The Bertz CT molecular complexity index is 1350. The van der Waals surface area contributed by atoms with Crippen LogP contribution in [0.1, 0.15) is 28.4 Å². The Labute approximate surface area is 185 Å². The molecule has 1 aliphatic rings. The zero-order chi connectivity index (χ0) is 22.2. The van der Waals surface area contributed by atoms with Crippen LogP contribution in [0.15, 0.2) is 65.6 Å². The van der Waals surface area contributed by atoms with Crippen LogP contribution in [0, 0.1) is 6.92 Å². The van der Waals surface area contributed by atoms with E-state index in [1.807, 2.05) is 60.2 Å². The predicted octanol–water partition coefficient (Wildman–Crippen LogP) is 3.48. The van der Waals surface area contributed by atoms with Crippen molar-refractivity contribution in [2.24, 2.45) is 0 Å². The van der Waals surface area contributed by atoms with Gasteiger partial charge in [-0.2, -0.15) is 0 Å². The SMILES string of the molecule is COC(=O)c1ccc(-c2ccc(-n3c(=O)n(C4CCNC4)c4ncc(C)cc43)cc2)cc1. The van der Waals surface area contributed by atoms with Crippen LogP contribution in [-0.4, -0.2) is 40.3 Å². The molecule has 0 bridgehead atoms. The van der Waals surface area contributed by atoms with Crippen molar-refractivity contribution < 1.29 is 9.53 Å². The van der Waals surface area contributed by atoms with Crippen LogP contribution in [0.25, 0.3) is 28.0 Å². The fourth-order valence-electron chi connectivity index (χ4n) is 4.36. The van der Waals surface area contributed by atoms with Crippen molar-refractivity contribution in [3.8, 4) is 16.8 Å². The molecule has 162 valence electrons. The van der Waals surface area contributed by atoms with Crippen molar-refractivity contribution in [3.63, 3.8) is 0 Å². The first-order valence-electron chi connectivity index (χ1n) is 10.7. The number of fused-ring (bicyclic) bond motifs is 1. The van der Waals surface area contributed by atoms with E-state index in [2.05, 4.69) is 10.3 Å². The van der Waals surface area contributed by atoms with Crippen molar-refractivity contribution in [1.29, 1.82) is 0 Å². The molecule has 0 radical (unpaired) electrons. The van der Waals surface area contributed by atoms with Crippen molar-refractivity contribution >= 4 is 17.1 Å². The first kappa shape index (κ1) is 20.2. The lowest BCUT2D eigenvalue weighted by Gasteiger charge is -2.09. The summed E-state index contributed by atoms with van der Waals surface area (Å²) in [6, 6.07) is 17.3. The van der Waals surface area contributed by atoms with Gasteiger partial charge in [-0.25, -0.2) is 14.6 Å². The third-order valence-corrected chi connectivity index (χ3v) is 6.01. The van der Waals surface area contributed by atoms with Gasteiger partial charge >= 0.3 is 11.7 Å². The molecule has 7 heteroatoms. The van der Waals surface area contributed by atoms with Gasteiger partial charge in [0, 0.05) is 12.7 Å². The summed E-state index contributed by atoms with van der Waals surface area (Å²) >= 11 is 0. The molecule has 2 aromatic heterocycles. The summed E-state index contributed by atoms with van der Waals surface area (Å²) < 4.78 is 8.33. The number of hydrogen-bond donors (Lipinski definition) is 1. The van der Waals surface area contributed by atoms with Crippen molar-refractivity contribution in [2.75, 3.05) is 20.2 Å². The molecule has 32 heavy (non-hydrogen) atoms.